The van der Waals surface area contributed by atoms with E-state index in [9.17, 15) is 49.4 Å². The molecule has 0 aliphatic heterocycles. The third-order valence-corrected chi connectivity index (χ3v) is 11.9. The molecule has 0 aliphatic carbocycles. The number of anilines is 4. The molecule has 3 heterocycles. The molecule has 0 radical (unpaired) electrons. The van der Waals surface area contributed by atoms with Gasteiger partial charge in [0.2, 0.25) is 5.13 Å². The van der Waals surface area contributed by atoms with Gasteiger partial charge in [-0.05, 0) is 61.1 Å². The minimum Gasteiger partial charge on any atom is -0.746 e. The Hall–Kier alpha value is -5.61. The molecule has 0 bridgehead atoms. The van der Waals surface area contributed by atoms with Crippen LogP contribution in [0.5, 0.6) is 0 Å². The first kappa shape index (κ1) is 61.5. The van der Waals surface area contributed by atoms with Crippen LogP contribution in [-0.2, 0) is 41.0 Å². The number of benzene rings is 4. The molecule has 0 saturated carbocycles. The molecule has 24 nitrogen and oxygen atoms in total. The quantitative estimate of drug-likeness (QED) is 0.0470. The summed E-state index contributed by atoms with van der Waals surface area (Å²) in [6.07, 6.45) is 1.17. The normalized spacial score (nSPS) is 11.0. The molecule has 0 saturated heterocycles. The maximum atomic E-state index is 11.7. The summed E-state index contributed by atoms with van der Waals surface area (Å²) in [7, 11) is -17.5. The van der Waals surface area contributed by atoms with Gasteiger partial charge in [0.15, 0.2) is 22.5 Å². The average Bonchev–Trinajstić information content (AvgIpc) is 3.89. The molecule has 3 aromatic heterocycles. The second-order valence-electron chi connectivity index (χ2n) is 12.9. The fraction of sp³-hybridized carbons (Fsp3) is 0.0263. The van der Waals surface area contributed by atoms with E-state index in [1.54, 1.807) is 30.3 Å². The molecular weight excluding hydrogens is 1000 g/mol. The first-order valence-electron chi connectivity index (χ1n) is 17.9. The smallest absolute Gasteiger partial charge is 0.746 e. The van der Waals surface area contributed by atoms with Gasteiger partial charge in [0.1, 0.15) is 59.4 Å². The van der Waals surface area contributed by atoms with Gasteiger partial charge in [-0.25, -0.2) is 39.9 Å². The maximum absolute atomic E-state index is 11.7. The van der Waals surface area contributed by atoms with Crippen LogP contribution in [0.4, 0.5) is 44.6 Å². The Morgan fingerprint density at radius 3 is 1.73 bits per heavy atom. The molecule has 0 amide bonds. The van der Waals surface area contributed by atoms with Crippen LogP contribution < -0.4 is 86.1 Å². The molecule has 7 aromatic rings. The van der Waals surface area contributed by atoms with Crippen LogP contribution >= 0.6 is 11.3 Å². The molecule has 0 atom stereocenters. The van der Waals surface area contributed by atoms with Gasteiger partial charge < -0.3 is 24.3 Å². The number of nitriles is 2. The molecule has 7 rings (SSSR count). The first-order valence-corrected chi connectivity index (χ1v) is 23.9. The van der Waals surface area contributed by atoms with Crippen molar-refractivity contribution in [2.24, 2.45) is 20.5 Å². The number of nitrogens with one attached hydrogen (secondary N) is 2. The van der Waals surface area contributed by atoms with E-state index in [4.69, 9.17) is 12.6 Å². The topological polar surface area (TPSA) is 387 Å². The molecule has 2 N–H and O–H groups in total. The third kappa shape index (κ3) is 15.9. The minimum absolute atomic E-state index is 0. The van der Waals surface area contributed by atoms with E-state index >= 15 is 0 Å². The molecule has 0 aliphatic rings. The minimum atomic E-state index is -4.85. The van der Waals surface area contributed by atoms with Crippen LogP contribution in [0.25, 0.3) is 16.9 Å². The number of aromatic nitrogens is 4. The number of azo groups is 2. The summed E-state index contributed by atoms with van der Waals surface area (Å²) in [5.41, 5.74) is 1.48. The van der Waals surface area contributed by atoms with Crippen LogP contribution in [-0.4, -0.2) is 71.3 Å². The van der Waals surface area contributed by atoms with Crippen molar-refractivity contribution in [3.05, 3.63) is 126 Å². The van der Waals surface area contributed by atoms with Gasteiger partial charge in [-0.2, -0.15) is 33.8 Å². The van der Waals surface area contributed by atoms with E-state index in [-0.39, 0.29) is 148 Å². The van der Waals surface area contributed by atoms with Crippen molar-refractivity contribution in [1.82, 2.24) is 19.7 Å². The van der Waals surface area contributed by atoms with Crippen molar-refractivity contribution in [3.63, 3.8) is 0 Å². The number of hydrogen-bond acceptors (Lipinski definition) is 24. The van der Waals surface area contributed by atoms with E-state index in [1.807, 2.05) is 6.07 Å². The Morgan fingerprint density at radius 2 is 1.23 bits per heavy atom. The zero-order valence-corrected chi connectivity index (χ0v) is 41.3. The van der Waals surface area contributed by atoms with Crippen LogP contribution in [0.3, 0.4) is 0 Å². The Balaban J connectivity index is 0.00000208. The van der Waals surface area contributed by atoms with E-state index in [0.717, 1.165) is 52.4 Å². The summed E-state index contributed by atoms with van der Waals surface area (Å²) in [5, 5.41) is 47.7. The Morgan fingerprint density at radius 1 is 0.690 bits per heavy atom. The third-order valence-electron chi connectivity index (χ3n) is 8.59. The molecule has 71 heavy (non-hydrogen) atoms. The molecule has 4 aromatic carbocycles. The van der Waals surface area contributed by atoms with Crippen molar-refractivity contribution >= 4 is 96.9 Å². The monoisotopic (exact) mass is 1030 g/mol. The molecule has 0 spiro atoms. The van der Waals surface area contributed by atoms with Crippen LogP contribution in [0.2, 0.25) is 0 Å². The largest absolute Gasteiger partial charge is 1.00 e. The van der Waals surface area contributed by atoms with Gasteiger partial charge in [0.25, 0.3) is 0 Å². The van der Waals surface area contributed by atoms with Crippen LogP contribution in [0.15, 0.2) is 138 Å². The SMILES string of the molecule is Cc1c(C#N)c(Nc2ccc(S(=O)(=O)[O-])cc2)nc(Nc2ccc(S(=O)(=O)[O-])cc2)c1N=Nc1nc(-c2ccccc2)c(N=Nc2c(C#N)cnn2-c2[c-]ccc(S(=O)(=O)[O-])c2)s1.O=S(=O)=O.[Li+].[Li+].[Li+].[Li+]. The molecule has 0 unspecified atom stereocenters. The summed E-state index contributed by atoms with van der Waals surface area (Å²) in [6, 6.07) is 28.2. The summed E-state index contributed by atoms with van der Waals surface area (Å²) in [6.45, 7) is 1.54. The molecule has 0 fully saturated rings. The number of pyridine rings is 1. The van der Waals surface area contributed by atoms with Gasteiger partial charge >= 0.3 is 86.1 Å². The summed E-state index contributed by atoms with van der Waals surface area (Å²) < 4.78 is 131. The summed E-state index contributed by atoms with van der Waals surface area (Å²) >= 11 is 0.911. The van der Waals surface area contributed by atoms with E-state index < -0.39 is 55.6 Å². The van der Waals surface area contributed by atoms with E-state index in [1.165, 1.54) is 43.5 Å². The van der Waals surface area contributed by atoms with Crippen molar-refractivity contribution < 1.29 is 127 Å². The number of hydrogen-bond donors (Lipinski definition) is 2. The van der Waals surface area contributed by atoms with E-state index in [0.29, 0.717) is 5.56 Å². The fourth-order valence-electron chi connectivity index (χ4n) is 5.60. The summed E-state index contributed by atoms with van der Waals surface area (Å²) in [4.78, 5) is 7.62. The number of rotatable bonds is 13. The van der Waals surface area contributed by atoms with Gasteiger partial charge in [0, 0.05) is 22.5 Å². The number of thiazole rings is 1. The van der Waals surface area contributed by atoms with E-state index in [2.05, 4.69) is 58.3 Å². The Bertz CT molecular complexity index is 3670. The molecule has 33 heteroatoms. The standard InChI is InChI=1S/C38H25N12O9S4.4Li.O3S/c1-22-31(20-40)34(42-25-10-14-28(15-11-25)61(51,52)53)45-35(43-26-12-16-29(17-13-26)62(54,55)56)32(22)46-49-38-44-33(23-6-3-2-4-7-23)37(60-38)48-47-36-24(19-39)21-41-50(36)27-8-5-9-30(18-27)63(57,58)59;;;;;1-4(2)3/h2-7,9-18,21H,1H3,(H2,42,43,45)(H,51,52,53)(H,54,55,56)(H,57,58,59);;;;;/q-1;4*+1;/p-3. The predicted molar refractivity (Wildman–Crippen MR) is 230 cm³/mol. The Labute approximate surface area is 457 Å². The predicted octanol–water partition coefficient (Wildman–Crippen LogP) is -5.72. The zero-order valence-electron chi connectivity index (χ0n) is 37.2. The second kappa shape index (κ2) is 26.2. The first-order chi connectivity index (χ1) is 31.7. The number of nitrogens with zero attached hydrogens (tertiary/aromatic N) is 10. The maximum Gasteiger partial charge on any atom is 1.00 e. The average molecular weight is 1030 g/mol. The summed E-state index contributed by atoms with van der Waals surface area (Å²) in [5.74, 6) is -0.199. The van der Waals surface area contributed by atoms with Gasteiger partial charge in [0.05, 0.1) is 21.6 Å². The van der Waals surface area contributed by atoms with Crippen molar-refractivity contribution in [3.8, 4) is 29.1 Å². The fourth-order valence-corrected chi connectivity index (χ4v) is 7.76. The van der Waals surface area contributed by atoms with Gasteiger partial charge in [-0.15, -0.1) is 39.2 Å². The Kier molecular flexibility index (Phi) is 22.7. The van der Waals surface area contributed by atoms with Crippen LogP contribution in [0.1, 0.15) is 16.7 Å². The van der Waals surface area contributed by atoms with Crippen molar-refractivity contribution in [2.45, 2.75) is 21.6 Å². The van der Waals surface area contributed by atoms with Gasteiger partial charge in [-0.3, -0.25) is 0 Å². The zero-order chi connectivity index (χ0) is 48.7. The van der Waals surface area contributed by atoms with Crippen molar-refractivity contribution in [1.29, 1.82) is 10.5 Å². The second-order valence-corrected chi connectivity index (χ2v) is 18.4. The molecule has 340 valence electrons. The van der Waals surface area contributed by atoms with Gasteiger partial charge in [-0.1, -0.05) is 46.6 Å². The van der Waals surface area contributed by atoms with Crippen molar-refractivity contribution in [2.75, 3.05) is 10.6 Å². The van der Waals surface area contributed by atoms with Crippen LogP contribution in [0, 0.1) is 35.7 Å². The molecular formula is C38H22Li4N12O12S5.